The summed E-state index contributed by atoms with van der Waals surface area (Å²) in [5, 5.41) is 7.22. The minimum atomic E-state index is -0.0683. The number of nitrogens with zero attached hydrogens (tertiary/aromatic N) is 3. The van der Waals surface area contributed by atoms with Gasteiger partial charge >= 0.3 is 0 Å². The lowest BCUT2D eigenvalue weighted by Gasteiger charge is -2.28. The highest BCUT2D eigenvalue weighted by molar-refractivity contribution is 7.80. The molecule has 2 N–H and O–H groups in total. The molecule has 0 spiro atoms. The smallest absolute Gasteiger partial charge is 0.226 e. The number of amides is 1. The van der Waals surface area contributed by atoms with E-state index in [1.54, 1.807) is 0 Å². The van der Waals surface area contributed by atoms with Gasteiger partial charge in [0.25, 0.3) is 0 Å². The van der Waals surface area contributed by atoms with Crippen molar-refractivity contribution in [1.82, 2.24) is 19.8 Å². The largest absolute Gasteiger partial charge is 0.352 e. The molecule has 2 atom stereocenters. The first-order chi connectivity index (χ1) is 16.4. The lowest BCUT2D eigenvalue weighted by atomic mass is 9.96. The van der Waals surface area contributed by atoms with Crippen LogP contribution in [0.1, 0.15) is 65.6 Å². The van der Waals surface area contributed by atoms with Gasteiger partial charge in [0.15, 0.2) is 5.11 Å². The summed E-state index contributed by atoms with van der Waals surface area (Å²) in [7, 11) is 0. The third-order valence-corrected chi connectivity index (χ3v) is 7.30. The second kappa shape index (κ2) is 9.22. The summed E-state index contributed by atoms with van der Waals surface area (Å²) in [5.41, 5.74) is 6.68. The zero-order valence-electron chi connectivity index (χ0n) is 19.9. The van der Waals surface area contributed by atoms with E-state index in [0.717, 1.165) is 16.9 Å². The molecule has 1 aromatic carbocycles. The van der Waals surface area contributed by atoms with Gasteiger partial charge in [-0.15, -0.1) is 0 Å². The summed E-state index contributed by atoms with van der Waals surface area (Å²) >= 11 is 5.79. The Morgan fingerprint density at radius 1 is 1.15 bits per heavy atom. The number of carbonyl (C=O) groups excluding carboxylic acids is 1. The molecule has 34 heavy (non-hydrogen) atoms. The van der Waals surface area contributed by atoms with E-state index in [-0.39, 0.29) is 18.0 Å². The first-order valence-corrected chi connectivity index (χ1v) is 12.4. The molecule has 1 aliphatic carbocycles. The van der Waals surface area contributed by atoms with Crippen LogP contribution in [0.25, 0.3) is 0 Å². The average molecular weight is 474 g/mol. The summed E-state index contributed by atoms with van der Waals surface area (Å²) < 4.78 is 2.47. The van der Waals surface area contributed by atoms with Crippen molar-refractivity contribution in [2.24, 2.45) is 0 Å². The van der Waals surface area contributed by atoms with E-state index < -0.39 is 0 Å². The van der Waals surface area contributed by atoms with E-state index in [9.17, 15) is 4.79 Å². The van der Waals surface area contributed by atoms with Crippen LogP contribution in [-0.4, -0.2) is 32.0 Å². The molecule has 0 bridgehead atoms. The summed E-state index contributed by atoms with van der Waals surface area (Å²) in [5.74, 6) is -0.0133. The number of aryl methyl sites for hydroxylation is 2. The van der Waals surface area contributed by atoms with Crippen LogP contribution in [0.3, 0.4) is 0 Å². The molecule has 1 amide bonds. The van der Waals surface area contributed by atoms with E-state index in [2.05, 4.69) is 45.0 Å². The lowest BCUT2D eigenvalue weighted by Crippen LogP contribution is -2.33. The van der Waals surface area contributed by atoms with Gasteiger partial charge in [-0.25, -0.2) is 0 Å². The molecule has 1 saturated carbocycles. The van der Waals surface area contributed by atoms with E-state index in [0.29, 0.717) is 24.1 Å². The SMILES string of the molecule is Cc1ccccc1NC(=O)CCN1C(=S)N[C@H](c2ccccn2)[C@H]1c1cc(C)n(C2CC2)c1C. The number of hydrogen-bond donors (Lipinski definition) is 2. The van der Waals surface area contributed by atoms with Crippen molar-refractivity contribution < 1.29 is 4.79 Å². The van der Waals surface area contributed by atoms with Crippen LogP contribution < -0.4 is 10.6 Å². The highest BCUT2D eigenvalue weighted by Gasteiger charge is 2.42. The van der Waals surface area contributed by atoms with Crippen molar-refractivity contribution in [2.45, 2.75) is 58.2 Å². The molecule has 6 nitrogen and oxygen atoms in total. The number of aromatic nitrogens is 2. The highest BCUT2D eigenvalue weighted by Crippen LogP contribution is 2.44. The third kappa shape index (κ3) is 4.32. The van der Waals surface area contributed by atoms with Gasteiger partial charge in [-0.1, -0.05) is 24.3 Å². The van der Waals surface area contributed by atoms with Crippen molar-refractivity contribution in [3.8, 4) is 0 Å². The Morgan fingerprint density at radius 2 is 1.91 bits per heavy atom. The number of hydrogen-bond acceptors (Lipinski definition) is 3. The Balaban J connectivity index is 1.42. The zero-order chi connectivity index (χ0) is 23.8. The van der Waals surface area contributed by atoms with Crippen LogP contribution >= 0.6 is 12.2 Å². The van der Waals surface area contributed by atoms with Crippen LogP contribution in [0.4, 0.5) is 5.69 Å². The fraction of sp³-hybridized carbons (Fsp3) is 0.370. The predicted molar refractivity (Wildman–Crippen MR) is 139 cm³/mol. The number of thiocarbonyl (C=S) groups is 1. The van der Waals surface area contributed by atoms with Crippen LogP contribution in [0.2, 0.25) is 0 Å². The maximum absolute atomic E-state index is 12.8. The Labute approximate surface area is 206 Å². The van der Waals surface area contributed by atoms with E-state index in [1.165, 1.54) is 29.8 Å². The van der Waals surface area contributed by atoms with Gasteiger partial charge < -0.3 is 20.1 Å². The van der Waals surface area contributed by atoms with Crippen molar-refractivity contribution in [2.75, 3.05) is 11.9 Å². The molecule has 0 unspecified atom stereocenters. The molecule has 2 aromatic heterocycles. The molecule has 3 aromatic rings. The van der Waals surface area contributed by atoms with E-state index in [4.69, 9.17) is 12.2 Å². The van der Waals surface area contributed by atoms with Crippen LogP contribution in [0.15, 0.2) is 54.7 Å². The van der Waals surface area contributed by atoms with Gasteiger partial charge in [-0.3, -0.25) is 9.78 Å². The summed E-state index contributed by atoms with van der Waals surface area (Å²) in [6.45, 7) is 6.93. The van der Waals surface area contributed by atoms with Crippen molar-refractivity contribution in [3.63, 3.8) is 0 Å². The molecule has 0 radical (unpaired) electrons. The maximum atomic E-state index is 12.8. The molecule has 3 heterocycles. The third-order valence-electron chi connectivity index (χ3n) is 6.95. The Hall–Kier alpha value is -3.19. The minimum absolute atomic E-state index is 0.0133. The Bertz CT molecular complexity index is 1220. The molecule has 176 valence electrons. The quantitative estimate of drug-likeness (QED) is 0.465. The second-order valence-corrected chi connectivity index (χ2v) is 9.75. The monoisotopic (exact) mass is 473 g/mol. The number of anilines is 1. The lowest BCUT2D eigenvalue weighted by molar-refractivity contribution is -0.116. The van der Waals surface area contributed by atoms with Crippen molar-refractivity contribution in [1.29, 1.82) is 0 Å². The zero-order valence-corrected chi connectivity index (χ0v) is 20.7. The number of rotatable bonds is 7. The van der Waals surface area contributed by atoms with E-state index in [1.807, 2.05) is 55.6 Å². The second-order valence-electron chi connectivity index (χ2n) is 9.36. The van der Waals surface area contributed by atoms with Gasteiger partial charge in [0.2, 0.25) is 5.91 Å². The summed E-state index contributed by atoms with van der Waals surface area (Å²) in [4.78, 5) is 19.6. The standard InChI is InChI=1S/C27H31N5OS/c1-17-8-4-5-9-22(17)29-24(33)13-15-31-26(21-16-18(2)32(19(21)3)20-11-12-20)25(30-27(31)34)23-10-6-7-14-28-23/h4-10,14,16,20,25-26H,11-13,15H2,1-3H3,(H,29,33)(H,30,34)/t25-,26-/m1/s1. The molecule has 1 saturated heterocycles. The minimum Gasteiger partial charge on any atom is -0.352 e. The fourth-order valence-electron chi connectivity index (χ4n) is 5.13. The van der Waals surface area contributed by atoms with Gasteiger partial charge in [0, 0.05) is 42.3 Å². The molecule has 5 rings (SSSR count). The summed E-state index contributed by atoms with van der Waals surface area (Å²) in [6.07, 6.45) is 4.65. The number of benzene rings is 1. The fourth-order valence-corrected chi connectivity index (χ4v) is 5.46. The Morgan fingerprint density at radius 3 is 2.62 bits per heavy atom. The predicted octanol–water partition coefficient (Wildman–Crippen LogP) is 5.14. The Kier molecular flexibility index (Phi) is 6.13. The molecule has 2 fully saturated rings. The van der Waals surface area contributed by atoms with Crippen molar-refractivity contribution >= 4 is 28.9 Å². The first-order valence-electron chi connectivity index (χ1n) is 12.0. The van der Waals surface area contributed by atoms with Crippen LogP contribution in [0.5, 0.6) is 0 Å². The van der Waals surface area contributed by atoms with Gasteiger partial charge in [0.1, 0.15) is 0 Å². The van der Waals surface area contributed by atoms with Crippen molar-refractivity contribution in [3.05, 3.63) is 82.9 Å². The average Bonchev–Trinajstić information content (AvgIpc) is 3.54. The van der Waals surface area contributed by atoms with Crippen LogP contribution in [-0.2, 0) is 4.79 Å². The highest BCUT2D eigenvalue weighted by atomic mass is 32.1. The number of carbonyl (C=O) groups is 1. The number of pyridine rings is 1. The number of para-hydroxylation sites is 1. The summed E-state index contributed by atoms with van der Waals surface area (Å²) in [6, 6.07) is 16.6. The molecular formula is C27H31N5OS. The number of nitrogens with one attached hydrogen (secondary N) is 2. The van der Waals surface area contributed by atoms with E-state index >= 15 is 0 Å². The maximum Gasteiger partial charge on any atom is 0.226 e. The van der Waals surface area contributed by atoms with Gasteiger partial charge in [-0.2, -0.15) is 0 Å². The first kappa shape index (κ1) is 22.6. The topological polar surface area (TPSA) is 62.2 Å². The molecular weight excluding hydrogens is 442 g/mol. The van der Waals surface area contributed by atoms with Crippen LogP contribution in [0, 0.1) is 20.8 Å². The molecule has 2 aliphatic rings. The van der Waals surface area contributed by atoms with Gasteiger partial charge in [-0.05, 0) is 81.2 Å². The molecule has 7 heteroatoms. The molecule has 1 aliphatic heterocycles. The van der Waals surface area contributed by atoms with Gasteiger partial charge in [0.05, 0.1) is 17.8 Å². The normalized spacial score (nSPS) is 19.9.